The number of benzene rings is 1. The molecule has 0 spiro atoms. The molecule has 26 heavy (non-hydrogen) atoms. The highest BCUT2D eigenvalue weighted by Gasteiger charge is 2.16. The number of β-amino-alcohol motifs (C(OH)–C–C–N with tert-alkyl or cyclic N) is 1. The fourth-order valence-electron chi connectivity index (χ4n) is 3.19. The molecule has 1 aliphatic rings. The van der Waals surface area contributed by atoms with E-state index in [1.807, 2.05) is 53.2 Å². The van der Waals surface area contributed by atoms with E-state index in [2.05, 4.69) is 14.9 Å². The first-order valence-electron chi connectivity index (χ1n) is 8.84. The Morgan fingerprint density at radius 1 is 1.00 bits per heavy atom. The second kappa shape index (κ2) is 7.78. The van der Waals surface area contributed by atoms with Crippen LogP contribution in [0.3, 0.4) is 0 Å². The summed E-state index contributed by atoms with van der Waals surface area (Å²) in [5, 5.41) is 10.5. The van der Waals surface area contributed by atoms with Gasteiger partial charge in [-0.3, -0.25) is 14.5 Å². The molecule has 0 radical (unpaired) electrons. The smallest absolute Gasteiger partial charge is 0.163 e. The highest BCUT2D eigenvalue weighted by molar-refractivity contribution is 5.54. The third-order valence-corrected chi connectivity index (χ3v) is 4.63. The Morgan fingerprint density at radius 3 is 2.54 bits per heavy atom. The number of morpholine rings is 1. The van der Waals surface area contributed by atoms with Crippen molar-refractivity contribution in [3.05, 3.63) is 66.6 Å². The lowest BCUT2D eigenvalue weighted by atomic mass is 10.1. The molecule has 2 aromatic heterocycles. The second-order valence-corrected chi connectivity index (χ2v) is 6.36. The van der Waals surface area contributed by atoms with Gasteiger partial charge in [-0.25, -0.2) is 4.98 Å². The van der Waals surface area contributed by atoms with Crippen molar-refractivity contribution in [1.82, 2.24) is 19.4 Å². The Morgan fingerprint density at radius 2 is 1.81 bits per heavy atom. The summed E-state index contributed by atoms with van der Waals surface area (Å²) in [6.45, 7) is 3.85. The van der Waals surface area contributed by atoms with Gasteiger partial charge in [0.05, 0.1) is 19.3 Å². The minimum Gasteiger partial charge on any atom is -0.387 e. The number of rotatable bonds is 5. The summed E-state index contributed by atoms with van der Waals surface area (Å²) in [6, 6.07) is 13.7. The predicted octanol–water partition coefficient (Wildman–Crippen LogP) is 2.30. The number of ether oxygens (including phenoxy) is 1. The fourth-order valence-corrected chi connectivity index (χ4v) is 3.19. The zero-order valence-corrected chi connectivity index (χ0v) is 14.5. The summed E-state index contributed by atoms with van der Waals surface area (Å²) >= 11 is 0. The summed E-state index contributed by atoms with van der Waals surface area (Å²) in [5.74, 6) is 0.798. The van der Waals surface area contributed by atoms with E-state index in [0.717, 1.165) is 49.1 Å². The van der Waals surface area contributed by atoms with Gasteiger partial charge in [0.2, 0.25) is 0 Å². The maximum atomic E-state index is 10.5. The average Bonchev–Trinajstić information content (AvgIpc) is 3.19. The third kappa shape index (κ3) is 3.67. The van der Waals surface area contributed by atoms with E-state index in [1.54, 1.807) is 12.4 Å². The van der Waals surface area contributed by atoms with Crippen LogP contribution in [0.4, 0.5) is 0 Å². The van der Waals surface area contributed by atoms with Crippen molar-refractivity contribution in [3.63, 3.8) is 0 Å². The molecular weight excluding hydrogens is 328 g/mol. The number of pyridine rings is 1. The van der Waals surface area contributed by atoms with Gasteiger partial charge in [-0.15, -0.1) is 0 Å². The number of hydrogen-bond donors (Lipinski definition) is 1. The number of imidazole rings is 1. The van der Waals surface area contributed by atoms with Gasteiger partial charge in [0.25, 0.3) is 0 Å². The standard InChI is InChI=1S/C20H22N4O2/c25-19(15-23-11-13-26-14-12-23)16-4-6-17(7-5-16)24-10-9-22-20(24)18-3-1-2-8-21-18/h1-10,19,25H,11-15H2/t19-/m0/s1. The first-order valence-corrected chi connectivity index (χ1v) is 8.84. The highest BCUT2D eigenvalue weighted by atomic mass is 16.5. The Labute approximate surface area is 152 Å². The summed E-state index contributed by atoms with van der Waals surface area (Å²) in [5.41, 5.74) is 2.74. The Bertz CT molecular complexity index is 827. The number of aliphatic hydroxyl groups is 1. The van der Waals surface area contributed by atoms with Gasteiger partial charge in [0, 0.05) is 43.9 Å². The molecule has 1 aromatic carbocycles. The van der Waals surface area contributed by atoms with Gasteiger partial charge in [-0.05, 0) is 29.8 Å². The van der Waals surface area contributed by atoms with Gasteiger partial charge in [-0.1, -0.05) is 18.2 Å². The van der Waals surface area contributed by atoms with Crippen molar-refractivity contribution in [2.45, 2.75) is 6.10 Å². The molecule has 1 atom stereocenters. The van der Waals surface area contributed by atoms with E-state index in [-0.39, 0.29) is 0 Å². The van der Waals surface area contributed by atoms with Crippen LogP contribution in [0, 0.1) is 0 Å². The molecule has 0 saturated carbocycles. The molecule has 0 bridgehead atoms. The minimum atomic E-state index is -0.500. The predicted molar refractivity (Wildman–Crippen MR) is 99.0 cm³/mol. The molecule has 4 rings (SSSR count). The molecule has 1 fully saturated rings. The lowest BCUT2D eigenvalue weighted by Gasteiger charge is -2.28. The van der Waals surface area contributed by atoms with Crippen molar-refractivity contribution >= 4 is 0 Å². The summed E-state index contributed by atoms with van der Waals surface area (Å²) in [7, 11) is 0. The largest absolute Gasteiger partial charge is 0.387 e. The Kier molecular flexibility index (Phi) is 5.06. The van der Waals surface area contributed by atoms with Crippen LogP contribution in [0.5, 0.6) is 0 Å². The summed E-state index contributed by atoms with van der Waals surface area (Å²) in [4.78, 5) is 11.0. The molecule has 134 valence electrons. The van der Waals surface area contributed by atoms with E-state index >= 15 is 0 Å². The molecule has 3 heterocycles. The fraction of sp³-hybridized carbons (Fsp3) is 0.300. The zero-order valence-electron chi connectivity index (χ0n) is 14.5. The molecule has 3 aromatic rings. The van der Waals surface area contributed by atoms with Crippen LogP contribution in [0.15, 0.2) is 61.1 Å². The molecule has 0 unspecified atom stereocenters. The van der Waals surface area contributed by atoms with Gasteiger partial charge >= 0.3 is 0 Å². The van der Waals surface area contributed by atoms with Crippen LogP contribution in [0.25, 0.3) is 17.2 Å². The van der Waals surface area contributed by atoms with Gasteiger partial charge in [0.1, 0.15) is 5.69 Å². The molecule has 1 saturated heterocycles. The monoisotopic (exact) mass is 350 g/mol. The van der Waals surface area contributed by atoms with E-state index in [0.29, 0.717) is 6.54 Å². The Hall–Kier alpha value is -2.54. The van der Waals surface area contributed by atoms with Crippen LogP contribution >= 0.6 is 0 Å². The van der Waals surface area contributed by atoms with E-state index < -0.39 is 6.10 Å². The molecule has 0 amide bonds. The SMILES string of the molecule is O[C@@H](CN1CCOCC1)c1ccc(-n2ccnc2-c2ccccn2)cc1. The quantitative estimate of drug-likeness (QED) is 0.765. The highest BCUT2D eigenvalue weighted by Crippen LogP contribution is 2.22. The van der Waals surface area contributed by atoms with Crippen LogP contribution < -0.4 is 0 Å². The number of aliphatic hydroxyl groups excluding tert-OH is 1. The lowest BCUT2D eigenvalue weighted by molar-refractivity contribution is 0.0143. The van der Waals surface area contributed by atoms with Crippen LogP contribution in [-0.4, -0.2) is 57.4 Å². The topological polar surface area (TPSA) is 63.4 Å². The normalized spacial score (nSPS) is 16.5. The zero-order chi connectivity index (χ0) is 17.8. The molecule has 6 heteroatoms. The maximum Gasteiger partial charge on any atom is 0.163 e. The third-order valence-electron chi connectivity index (χ3n) is 4.63. The van der Waals surface area contributed by atoms with E-state index in [9.17, 15) is 5.11 Å². The Balaban J connectivity index is 1.51. The van der Waals surface area contributed by atoms with Crippen molar-refractivity contribution < 1.29 is 9.84 Å². The van der Waals surface area contributed by atoms with Gasteiger partial charge < -0.3 is 9.84 Å². The lowest BCUT2D eigenvalue weighted by Crippen LogP contribution is -2.38. The molecule has 6 nitrogen and oxygen atoms in total. The van der Waals surface area contributed by atoms with E-state index in [1.165, 1.54) is 0 Å². The number of aromatic nitrogens is 3. The van der Waals surface area contributed by atoms with Crippen LogP contribution in [0.2, 0.25) is 0 Å². The first kappa shape index (κ1) is 16.9. The maximum absolute atomic E-state index is 10.5. The number of hydrogen-bond acceptors (Lipinski definition) is 5. The molecule has 1 aliphatic heterocycles. The van der Waals surface area contributed by atoms with E-state index in [4.69, 9.17) is 4.74 Å². The minimum absolute atomic E-state index is 0.500. The molecular formula is C20H22N4O2. The van der Waals surface area contributed by atoms with Gasteiger partial charge in [-0.2, -0.15) is 0 Å². The van der Waals surface area contributed by atoms with Crippen molar-refractivity contribution in [3.8, 4) is 17.2 Å². The average molecular weight is 350 g/mol. The molecule has 1 N–H and O–H groups in total. The first-order chi connectivity index (χ1) is 12.8. The molecule has 0 aliphatic carbocycles. The van der Waals surface area contributed by atoms with Gasteiger partial charge in [0.15, 0.2) is 5.82 Å². The van der Waals surface area contributed by atoms with Crippen molar-refractivity contribution in [2.24, 2.45) is 0 Å². The van der Waals surface area contributed by atoms with Crippen molar-refractivity contribution in [1.29, 1.82) is 0 Å². The van der Waals surface area contributed by atoms with Crippen LogP contribution in [0.1, 0.15) is 11.7 Å². The van der Waals surface area contributed by atoms with Crippen LogP contribution in [-0.2, 0) is 4.74 Å². The number of nitrogens with zero attached hydrogens (tertiary/aromatic N) is 4. The summed E-state index contributed by atoms with van der Waals surface area (Å²) < 4.78 is 7.36. The van der Waals surface area contributed by atoms with Crippen molar-refractivity contribution in [2.75, 3.05) is 32.8 Å². The summed E-state index contributed by atoms with van der Waals surface area (Å²) in [6.07, 6.45) is 4.95. The second-order valence-electron chi connectivity index (χ2n) is 6.36.